The van der Waals surface area contributed by atoms with E-state index in [4.69, 9.17) is 23.1 Å². The van der Waals surface area contributed by atoms with Crippen LogP contribution in [-0.4, -0.2) is 114 Å². The highest BCUT2D eigenvalue weighted by atomic mass is 35.5. The van der Waals surface area contributed by atoms with Crippen LogP contribution < -0.4 is 21.1 Å². The fourth-order valence-electron chi connectivity index (χ4n) is 11.5. The number of anilines is 2. The van der Waals surface area contributed by atoms with Crippen LogP contribution in [0.3, 0.4) is 0 Å². The fraction of sp³-hybridized carbons (Fsp3) is 0.384. The predicted molar refractivity (Wildman–Crippen MR) is 389 cm³/mol. The number of piperazine rings is 2. The fourth-order valence-corrected chi connectivity index (χ4v) is 15.5. The predicted octanol–water partition coefficient (Wildman–Crippen LogP) is 18.4. The number of benzene rings is 5. The van der Waals surface area contributed by atoms with Crippen LogP contribution in [0.4, 0.5) is 24.5 Å². The number of aryl methyl sites for hydroxylation is 3. The van der Waals surface area contributed by atoms with E-state index in [0.717, 1.165) is 91.6 Å². The van der Waals surface area contributed by atoms with Crippen molar-refractivity contribution in [2.24, 2.45) is 11.1 Å². The number of thioether (sulfide) groups is 2. The van der Waals surface area contributed by atoms with E-state index in [2.05, 4.69) is 148 Å². The van der Waals surface area contributed by atoms with Crippen LogP contribution in [0.5, 0.6) is 0 Å². The van der Waals surface area contributed by atoms with E-state index in [9.17, 15) is 18.0 Å². The lowest BCUT2D eigenvalue weighted by atomic mass is 9.73. The van der Waals surface area contributed by atoms with Gasteiger partial charge in [0.15, 0.2) is 0 Å². The minimum atomic E-state index is -4.44. The third-order valence-electron chi connectivity index (χ3n) is 16.6. The summed E-state index contributed by atoms with van der Waals surface area (Å²) in [5.41, 5.74) is 25.8. The molecule has 19 heteroatoms. The van der Waals surface area contributed by atoms with Gasteiger partial charge in [-0.3, -0.25) is 14.4 Å². The number of amides is 1. The number of carbonyl (C=O) groups excluding carboxylic acids is 1. The number of unbranched alkanes of at least 4 members (excludes halogenated alkanes) is 1. The first-order chi connectivity index (χ1) is 44.2. The molecule has 0 spiro atoms. The molecule has 7 aromatic rings. The summed E-state index contributed by atoms with van der Waals surface area (Å²) < 4.78 is 41.1. The molecule has 0 atom stereocenters. The molecule has 1 amide bonds. The Hall–Kier alpha value is -5.64. The van der Waals surface area contributed by atoms with Crippen LogP contribution in [-0.2, 0) is 13.0 Å². The van der Waals surface area contributed by atoms with Gasteiger partial charge in [-0.2, -0.15) is 13.2 Å². The second-order valence-electron chi connectivity index (χ2n) is 24.5. The van der Waals surface area contributed by atoms with Gasteiger partial charge in [0.25, 0.3) is 5.91 Å². The number of aromatic nitrogens is 2. The van der Waals surface area contributed by atoms with Gasteiger partial charge in [0.1, 0.15) is 0 Å². The van der Waals surface area contributed by atoms with Crippen LogP contribution in [0, 0.1) is 19.3 Å². The minimum absolute atomic E-state index is 0.0390. The second kappa shape index (κ2) is 35.7. The van der Waals surface area contributed by atoms with Crippen molar-refractivity contribution < 1.29 is 18.0 Å². The van der Waals surface area contributed by atoms with Crippen molar-refractivity contribution >= 4 is 98.2 Å². The van der Waals surface area contributed by atoms with Gasteiger partial charge in [-0.1, -0.05) is 104 Å². The number of hydrogen-bond donors (Lipinski definition) is 3. The molecule has 0 saturated carbocycles. The summed E-state index contributed by atoms with van der Waals surface area (Å²) in [4.78, 5) is 35.8. The van der Waals surface area contributed by atoms with E-state index in [0.29, 0.717) is 22.4 Å². The first-order valence-corrected chi connectivity index (χ1v) is 36.4. The quantitative estimate of drug-likeness (QED) is 0.0186. The van der Waals surface area contributed by atoms with Crippen LogP contribution >= 0.6 is 69.7 Å². The van der Waals surface area contributed by atoms with Gasteiger partial charge in [-0.15, -0.1) is 34.4 Å². The number of allylic oxidation sites excluding steroid dienone is 6. The van der Waals surface area contributed by atoms with Gasteiger partial charge in [0.05, 0.1) is 32.2 Å². The Bertz CT molecular complexity index is 3570. The van der Waals surface area contributed by atoms with Gasteiger partial charge in [-0.25, -0.2) is 9.97 Å². The number of nitrogens with two attached hydrogens (primary N) is 2. The van der Waals surface area contributed by atoms with Crippen molar-refractivity contribution in [3.63, 3.8) is 0 Å². The van der Waals surface area contributed by atoms with E-state index in [1.54, 1.807) is 40.9 Å². The topological polar surface area (TPSA) is 120 Å². The Morgan fingerprint density at radius 3 is 2.05 bits per heavy atom. The molecule has 490 valence electrons. The highest BCUT2D eigenvalue weighted by molar-refractivity contribution is 8.00. The van der Waals surface area contributed by atoms with Crippen LogP contribution in [0.15, 0.2) is 177 Å². The molecule has 3 aliphatic rings. The summed E-state index contributed by atoms with van der Waals surface area (Å²) in [7, 11) is 0. The largest absolute Gasteiger partial charge is 0.446 e. The Labute approximate surface area is 570 Å². The monoisotopic (exact) mass is 1360 g/mol. The molecule has 1 aliphatic carbocycles. The third kappa shape index (κ3) is 22.8. The maximum absolute atomic E-state index is 12.8. The number of carbonyl (C=O) groups is 1. The molecule has 5 N–H and O–H groups in total. The molecule has 2 fully saturated rings. The summed E-state index contributed by atoms with van der Waals surface area (Å²) in [6, 6.07) is 37.5. The summed E-state index contributed by atoms with van der Waals surface area (Å²) in [6.07, 6.45) is 14.3. The smallest absolute Gasteiger partial charge is 0.398 e. The molecular weight excluding hydrogens is 1270 g/mol. The first-order valence-electron chi connectivity index (χ1n) is 31.6. The number of halogens is 4. The Kier molecular flexibility index (Phi) is 28.1. The lowest BCUT2D eigenvalue weighted by molar-refractivity contribution is -0.0328. The molecule has 92 heavy (non-hydrogen) atoms. The molecule has 0 unspecified atom stereocenters. The Morgan fingerprint density at radius 1 is 0.761 bits per heavy atom. The van der Waals surface area contributed by atoms with E-state index >= 15 is 0 Å². The standard InChI is InChI=1S/C33H36ClF3N4OS2.C28H38N4S2.C12H15NS/c1-32(2)14-13-28(22-3-7-25(34)8-4-22)24(20-32)21-40-15-17-41(18-16-40)26-9-5-23(6-10-26)31(42)39-44-27-11-12-29(38)30(19-27)43-33(35,36)37;1-23-28(34-22-30-23)25-11-12-26(21-29)24(20-25)8-7-14-32-17-15-31(16-18-32)13-5-6-19-33-27-9-3-2-4-10-27;1-5-11(7-6-9(2)3)12-10(4)13-8-14-12/h3-12,19H,13-18,20-21,38H2,1-2H3,(H,39,42);2-4,9-12,20,22H,5-8,13-19,21,29H2,1H3;5-8H,1H2,2-4H3/b;;11-7+. The van der Waals surface area contributed by atoms with Gasteiger partial charge in [-0.05, 0) is 227 Å². The summed E-state index contributed by atoms with van der Waals surface area (Å²) >= 11 is 12.2. The average molecular weight is 1360 g/mol. The van der Waals surface area contributed by atoms with E-state index in [-0.39, 0.29) is 28.3 Å². The molecule has 2 aromatic heterocycles. The van der Waals surface area contributed by atoms with Gasteiger partial charge in [0.2, 0.25) is 0 Å². The lowest BCUT2D eigenvalue weighted by Crippen LogP contribution is -2.47. The summed E-state index contributed by atoms with van der Waals surface area (Å²) in [5.74, 6) is 0.895. The Morgan fingerprint density at radius 2 is 1.42 bits per heavy atom. The zero-order chi connectivity index (χ0) is 65.6. The molecule has 0 bridgehead atoms. The van der Waals surface area contributed by atoms with Gasteiger partial charge >= 0.3 is 5.51 Å². The normalized spacial score (nSPS) is 15.7. The summed E-state index contributed by atoms with van der Waals surface area (Å²) in [6.45, 7) is 29.3. The molecule has 5 aromatic carbocycles. The van der Waals surface area contributed by atoms with E-state index in [1.165, 1.54) is 136 Å². The van der Waals surface area contributed by atoms with Crippen molar-refractivity contribution in [2.45, 2.75) is 113 Å². The SMILES string of the molecule is C=C/C(=C\C=C(C)C)c1scnc1C.CC1(C)CCC(c2ccc(Cl)cc2)=C(CN2CCN(c3ccc(C(=O)NSc4ccc(N)c(SC(F)(F)F)c4)cc3)CC2)C1.Cc1ncsc1-c1ccc(CN)c(CCCN2CCN(CCCCSc3ccccc3)CC2)c1. The summed E-state index contributed by atoms with van der Waals surface area (Å²) in [5, 5.41) is 0.759. The maximum atomic E-state index is 12.8. The third-order valence-corrected chi connectivity index (χ3v) is 21.5. The zero-order valence-electron chi connectivity index (χ0n) is 54.0. The second-order valence-corrected chi connectivity index (χ2v) is 29.8. The number of rotatable bonds is 23. The maximum Gasteiger partial charge on any atom is 0.446 e. The highest BCUT2D eigenvalue weighted by Crippen LogP contribution is 2.44. The van der Waals surface area contributed by atoms with Crippen molar-refractivity contribution in [2.75, 3.05) is 88.4 Å². The number of alkyl halides is 3. The first kappa shape index (κ1) is 72.2. The van der Waals surface area contributed by atoms with Gasteiger partial charge < -0.3 is 26.2 Å². The van der Waals surface area contributed by atoms with E-state index in [1.807, 2.05) is 60.0 Å². The molecule has 2 saturated heterocycles. The number of thiazole rings is 2. The van der Waals surface area contributed by atoms with Crippen molar-refractivity contribution in [1.29, 1.82) is 0 Å². The number of hydrogen-bond acceptors (Lipinski definition) is 14. The lowest BCUT2D eigenvalue weighted by Gasteiger charge is -2.39. The van der Waals surface area contributed by atoms with Crippen molar-refractivity contribution in [3.05, 3.63) is 206 Å². The van der Waals surface area contributed by atoms with Crippen LogP contribution in [0.25, 0.3) is 21.6 Å². The molecule has 4 heterocycles. The number of nitrogens with one attached hydrogen (secondary N) is 1. The molecule has 0 radical (unpaired) electrons. The Balaban J connectivity index is 0.000000200. The molecule has 10 nitrogen and oxygen atoms in total. The van der Waals surface area contributed by atoms with E-state index < -0.39 is 5.51 Å². The average Bonchev–Trinajstić information content (AvgIpc) is 0.975. The van der Waals surface area contributed by atoms with Crippen molar-refractivity contribution in [1.82, 2.24) is 29.4 Å². The minimum Gasteiger partial charge on any atom is -0.398 e. The zero-order valence-corrected chi connectivity index (χ0v) is 58.8. The van der Waals surface area contributed by atoms with Crippen molar-refractivity contribution in [3.8, 4) is 10.4 Å². The van der Waals surface area contributed by atoms with Crippen LogP contribution in [0.1, 0.15) is 110 Å². The van der Waals surface area contributed by atoms with Gasteiger partial charge in [0, 0.05) is 102 Å². The number of nitrogen functional groups attached to an aromatic ring is 1. The highest BCUT2D eigenvalue weighted by Gasteiger charge is 2.31. The number of nitrogens with zero attached hydrogens (tertiary/aromatic N) is 6. The molecule has 2 aliphatic heterocycles. The van der Waals surface area contributed by atoms with Crippen LogP contribution in [0.2, 0.25) is 5.02 Å². The molecule has 10 rings (SSSR count). The molecular formula is C73H89ClF3N9OS5.